The number of benzene rings is 3. The van der Waals surface area contributed by atoms with Crippen molar-refractivity contribution in [3.8, 4) is 11.5 Å². The number of aryl methyl sites for hydroxylation is 1. The van der Waals surface area contributed by atoms with Gasteiger partial charge >= 0.3 is 11.8 Å². The van der Waals surface area contributed by atoms with Crippen LogP contribution in [0.3, 0.4) is 0 Å². The molecule has 0 bridgehead atoms. The molecule has 2 aliphatic rings. The number of ether oxygens (including phenoxy) is 5. The summed E-state index contributed by atoms with van der Waals surface area (Å²) in [7, 11) is 3.06. The molecule has 1 saturated heterocycles. The van der Waals surface area contributed by atoms with E-state index in [1.807, 2.05) is 11.8 Å². The third-order valence-corrected chi connectivity index (χ3v) is 12.5. The Labute approximate surface area is 379 Å². The Bertz CT molecular complexity index is 2840. The summed E-state index contributed by atoms with van der Waals surface area (Å²) in [6, 6.07) is 15.0. The van der Waals surface area contributed by atoms with Gasteiger partial charge in [0.2, 0.25) is 0 Å². The van der Waals surface area contributed by atoms with E-state index in [4.69, 9.17) is 44.1 Å². The first kappa shape index (κ1) is 45.6. The summed E-state index contributed by atoms with van der Waals surface area (Å²) < 4.78 is 58.6. The Morgan fingerprint density at radius 1 is 0.877 bits per heavy atom. The van der Waals surface area contributed by atoms with Crippen LogP contribution in [0.15, 0.2) is 73.0 Å². The molecular weight excluding hydrogens is 863 g/mol. The van der Waals surface area contributed by atoms with Crippen molar-refractivity contribution in [1.82, 2.24) is 14.0 Å². The SMILES string of the molecule is COc1ccc2c(c1)c(CC(=O)OCCOCCOCCc1cc(=O)c3cc(F)c(N4CCN(Cc5oc(=O)oc5C)C(C)C4)c(OC)c3n1C1CC1)c(C)n2C(=O)c1ccc(Cl)cc1. The van der Waals surface area contributed by atoms with Gasteiger partial charge in [-0.3, -0.25) is 23.9 Å². The van der Waals surface area contributed by atoms with Gasteiger partial charge in [-0.2, -0.15) is 0 Å². The van der Waals surface area contributed by atoms with Crippen LogP contribution in [0, 0.1) is 19.7 Å². The maximum absolute atomic E-state index is 16.1. The molecule has 0 amide bonds. The second-order valence-electron chi connectivity index (χ2n) is 16.4. The smallest absolute Gasteiger partial charge is 0.497 e. The van der Waals surface area contributed by atoms with E-state index in [-0.39, 0.29) is 61.7 Å². The molecule has 8 rings (SSSR count). The van der Waals surface area contributed by atoms with E-state index >= 15 is 4.39 Å². The summed E-state index contributed by atoms with van der Waals surface area (Å²) in [5.74, 6) is -0.156. The van der Waals surface area contributed by atoms with Gasteiger partial charge in [-0.1, -0.05) is 11.6 Å². The van der Waals surface area contributed by atoms with Crippen molar-refractivity contribution < 1.29 is 46.5 Å². The van der Waals surface area contributed by atoms with Gasteiger partial charge in [0.1, 0.15) is 23.8 Å². The lowest BCUT2D eigenvalue weighted by atomic mass is 10.1. The minimum atomic E-state index is -0.735. The van der Waals surface area contributed by atoms with Gasteiger partial charge in [0.25, 0.3) is 5.91 Å². The number of aromatic nitrogens is 2. The van der Waals surface area contributed by atoms with Gasteiger partial charge in [0.05, 0.1) is 70.0 Å². The lowest BCUT2D eigenvalue weighted by Crippen LogP contribution is -2.51. The van der Waals surface area contributed by atoms with Crippen molar-refractivity contribution in [1.29, 1.82) is 0 Å². The molecule has 17 heteroatoms. The van der Waals surface area contributed by atoms with Crippen LogP contribution in [0.1, 0.15) is 64.6 Å². The summed E-state index contributed by atoms with van der Waals surface area (Å²) >= 11 is 6.05. The van der Waals surface area contributed by atoms with Crippen molar-refractivity contribution in [2.75, 3.05) is 71.8 Å². The Morgan fingerprint density at radius 2 is 1.62 bits per heavy atom. The van der Waals surface area contributed by atoms with Crippen LogP contribution in [0.5, 0.6) is 11.5 Å². The Balaban J connectivity index is 0.852. The second-order valence-corrected chi connectivity index (χ2v) is 16.8. The second kappa shape index (κ2) is 19.7. The van der Waals surface area contributed by atoms with E-state index in [1.54, 1.807) is 74.1 Å². The number of fused-ring (bicyclic) bond motifs is 2. The zero-order valence-electron chi connectivity index (χ0n) is 37.1. The first-order valence-electron chi connectivity index (χ1n) is 21.7. The molecule has 1 unspecified atom stereocenters. The lowest BCUT2D eigenvalue weighted by Gasteiger charge is -2.41. The number of rotatable bonds is 18. The maximum atomic E-state index is 16.1. The van der Waals surface area contributed by atoms with Gasteiger partial charge in [0, 0.05) is 71.6 Å². The van der Waals surface area contributed by atoms with Crippen LogP contribution in [0.2, 0.25) is 5.02 Å². The summed E-state index contributed by atoms with van der Waals surface area (Å²) in [4.78, 5) is 56.0. The molecule has 0 N–H and O–H groups in total. The summed E-state index contributed by atoms with van der Waals surface area (Å²) in [5, 5.41) is 1.49. The lowest BCUT2D eigenvalue weighted by molar-refractivity contribution is -0.144. The van der Waals surface area contributed by atoms with Crippen molar-refractivity contribution in [2.24, 2.45) is 0 Å². The minimum absolute atomic E-state index is 0.0256. The average Bonchev–Trinajstić information content (AvgIpc) is 4.02. The van der Waals surface area contributed by atoms with E-state index < -0.39 is 17.6 Å². The van der Waals surface area contributed by atoms with Crippen LogP contribution in [-0.4, -0.2) is 98.8 Å². The molecule has 3 aromatic heterocycles. The highest BCUT2D eigenvalue weighted by Crippen LogP contribution is 2.45. The van der Waals surface area contributed by atoms with Gasteiger partial charge in [0.15, 0.2) is 22.8 Å². The molecule has 15 nitrogen and oxygen atoms in total. The van der Waals surface area contributed by atoms with Crippen molar-refractivity contribution >= 4 is 51.0 Å². The molecule has 3 aromatic carbocycles. The van der Waals surface area contributed by atoms with E-state index in [0.29, 0.717) is 106 Å². The number of esters is 1. The number of hydrogen-bond acceptors (Lipinski definition) is 13. The van der Waals surface area contributed by atoms with Crippen molar-refractivity contribution in [3.63, 3.8) is 0 Å². The van der Waals surface area contributed by atoms with Crippen LogP contribution in [0.25, 0.3) is 21.8 Å². The molecule has 4 heterocycles. The van der Waals surface area contributed by atoms with E-state index in [0.717, 1.165) is 18.5 Å². The van der Waals surface area contributed by atoms with E-state index in [2.05, 4.69) is 9.47 Å². The fraction of sp³-hybridized carbons (Fsp3) is 0.417. The molecule has 1 aliphatic heterocycles. The molecule has 1 atom stereocenters. The van der Waals surface area contributed by atoms with Crippen LogP contribution < -0.4 is 25.6 Å². The number of piperazine rings is 1. The molecular formula is C48H52ClFN4O11. The number of methoxy groups -OCH3 is 2. The van der Waals surface area contributed by atoms with Crippen molar-refractivity contribution in [3.05, 3.63) is 120 Å². The molecule has 1 saturated carbocycles. The molecule has 1 aliphatic carbocycles. The number of nitrogens with zero attached hydrogens (tertiary/aromatic N) is 4. The van der Waals surface area contributed by atoms with Gasteiger partial charge in [-0.15, -0.1) is 0 Å². The predicted octanol–water partition coefficient (Wildman–Crippen LogP) is 7.02. The molecule has 6 aromatic rings. The zero-order chi connectivity index (χ0) is 45.9. The Hall–Kier alpha value is -5.94. The summed E-state index contributed by atoms with van der Waals surface area (Å²) in [6.07, 6.45) is 2.21. The largest absolute Gasteiger partial charge is 0.519 e. The van der Waals surface area contributed by atoms with Gasteiger partial charge < -0.3 is 42.0 Å². The molecule has 0 spiro atoms. The third-order valence-electron chi connectivity index (χ3n) is 12.2. The highest BCUT2D eigenvalue weighted by molar-refractivity contribution is 6.30. The third kappa shape index (κ3) is 9.71. The van der Waals surface area contributed by atoms with Crippen LogP contribution >= 0.6 is 11.6 Å². The number of halogens is 2. The van der Waals surface area contributed by atoms with E-state index in [1.165, 1.54) is 13.2 Å². The zero-order valence-corrected chi connectivity index (χ0v) is 37.8. The van der Waals surface area contributed by atoms with E-state index in [9.17, 15) is 19.2 Å². The monoisotopic (exact) mass is 914 g/mol. The van der Waals surface area contributed by atoms with Gasteiger partial charge in [-0.25, -0.2) is 9.18 Å². The fourth-order valence-electron chi connectivity index (χ4n) is 8.75. The number of anilines is 1. The molecule has 344 valence electrons. The predicted molar refractivity (Wildman–Crippen MR) is 241 cm³/mol. The minimum Gasteiger partial charge on any atom is -0.497 e. The Morgan fingerprint density at radius 3 is 2.29 bits per heavy atom. The van der Waals surface area contributed by atoms with Crippen LogP contribution in [-0.2, 0) is 38.4 Å². The summed E-state index contributed by atoms with van der Waals surface area (Å²) in [6.45, 7) is 8.44. The number of hydrogen-bond donors (Lipinski definition) is 0. The van der Waals surface area contributed by atoms with Gasteiger partial charge in [-0.05, 0) is 87.7 Å². The molecule has 2 fully saturated rings. The topological polar surface area (TPSA) is 157 Å². The Kier molecular flexibility index (Phi) is 13.8. The molecule has 0 radical (unpaired) electrons. The molecule has 65 heavy (non-hydrogen) atoms. The average molecular weight is 915 g/mol. The normalized spacial score (nSPS) is 15.6. The first-order chi connectivity index (χ1) is 31.4. The number of pyridine rings is 1. The summed E-state index contributed by atoms with van der Waals surface area (Å²) in [5.41, 5.74) is 3.73. The standard InChI is InChI=1S/C48H52ClFN4O11/c1-28-26-52(16-15-51(28)27-42-30(3)64-48(58)65-42)45-39(50)24-38-41(55)22-34(54(33-10-11-33)44(38)46(45)60-5)14-17-61-18-19-62-20-21-63-43(56)25-36-29(2)53(40-13-12-35(59-4)23-37(36)40)47(57)31-6-8-32(49)9-7-31/h6-9,12-13,22-24,28,33H,10-11,14-21,25-27H2,1-5H3. The number of carbonyl (C=O) groups is 2. The quantitative estimate of drug-likeness (QED) is 0.0641. The van der Waals surface area contributed by atoms with Crippen LogP contribution in [0.4, 0.5) is 10.1 Å². The highest BCUT2D eigenvalue weighted by atomic mass is 35.5. The highest BCUT2D eigenvalue weighted by Gasteiger charge is 2.34. The fourth-order valence-corrected chi connectivity index (χ4v) is 8.87. The maximum Gasteiger partial charge on any atom is 0.519 e. The number of carbonyl (C=O) groups excluding carboxylic acids is 2. The van der Waals surface area contributed by atoms with Crippen molar-refractivity contribution in [2.45, 2.75) is 65.1 Å². The first-order valence-corrected chi connectivity index (χ1v) is 22.1.